The summed E-state index contributed by atoms with van der Waals surface area (Å²) in [7, 11) is 0. The van der Waals surface area contributed by atoms with Gasteiger partial charge in [-0.2, -0.15) is 4.98 Å². The largest absolute Gasteiger partial charge is 0.391 e. The number of nitrogens with zero attached hydrogens (tertiary/aromatic N) is 3. The maximum atomic E-state index is 12.4. The molecule has 8 heteroatoms. The Morgan fingerprint density at radius 3 is 3.00 bits per heavy atom. The Balaban J connectivity index is 1.82. The molecule has 2 aromatic heterocycles. The number of halogens is 1. The number of hydrogen-bond acceptors (Lipinski definition) is 6. The van der Waals surface area contributed by atoms with Gasteiger partial charge in [-0.15, -0.1) is 0 Å². The van der Waals surface area contributed by atoms with Crippen LogP contribution in [0.5, 0.6) is 0 Å². The Labute approximate surface area is 158 Å². The van der Waals surface area contributed by atoms with Crippen LogP contribution in [0.4, 0.5) is 17.5 Å². The highest BCUT2D eigenvalue weighted by Crippen LogP contribution is 2.26. The fourth-order valence-electron chi connectivity index (χ4n) is 3.15. The minimum absolute atomic E-state index is 0.245. The summed E-state index contributed by atoms with van der Waals surface area (Å²) in [6.07, 6.45) is 2.86. The van der Waals surface area contributed by atoms with E-state index >= 15 is 0 Å². The van der Waals surface area contributed by atoms with Crippen LogP contribution in [0, 0.1) is 0 Å². The molecule has 1 atom stereocenters. The van der Waals surface area contributed by atoms with E-state index in [9.17, 15) is 9.90 Å². The summed E-state index contributed by atoms with van der Waals surface area (Å²) in [6, 6.07) is 9.41. The zero-order valence-corrected chi connectivity index (χ0v) is 15.5. The van der Waals surface area contributed by atoms with Crippen molar-refractivity contribution in [2.75, 3.05) is 23.3 Å². The van der Waals surface area contributed by atoms with E-state index in [2.05, 4.69) is 36.2 Å². The molecule has 0 radical (unpaired) electrons. The van der Waals surface area contributed by atoms with Gasteiger partial charge in [0.15, 0.2) is 0 Å². The number of H-pyrrole nitrogens is 1. The maximum absolute atomic E-state index is 12.4. The van der Waals surface area contributed by atoms with E-state index in [1.165, 1.54) is 0 Å². The lowest BCUT2D eigenvalue weighted by Crippen LogP contribution is -2.39. The van der Waals surface area contributed by atoms with E-state index in [1.807, 2.05) is 29.2 Å². The summed E-state index contributed by atoms with van der Waals surface area (Å²) in [4.78, 5) is 26.1. The van der Waals surface area contributed by atoms with Crippen LogP contribution in [0.15, 0.2) is 45.8 Å². The molecule has 3 aromatic rings. The number of anilines is 3. The molecule has 1 aliphatic heterocycles. The Bertz CT molecular complexity index is 1010. The standard InChI is InChI=1S/C18H18BrN5O2/c19-11-3-1-4-12(9-11)21-16-15-14(6-7-20-17(15)26)22-18(23-16)24-8-2-5-13(25)10-24/h1,3-4,6-7,9,13,25H,2,5,8,10H2,(H,20,26)(H,21,22,23). The van der Waals surface area contributed by atoms with Gasteiger partial charge in [0.25, 0.3) is 5.56 Å². The summed E-state index contributed by atoms with van der Waals surface area (Å²) in [5.74, 6) is 0.962. The van der Waals surface area contributed by atoms with Crippen molar-refractivity contribution in [3.63, 3.8) is 0 Å². The number of aromatic nitrogens is 3. The van der Waals surface area contributed by atoms with Crippen LogP contribution in [-0.4, -0.2) is 39.3 Å². The molecule has 3 heterocycles. The predicted molar refractivity (Wildman–Crippen MR) is 105 cm³/mol. The average molecular weight is 416 g/mol. The highest BCUT2D eigenvalue weighted by Gasteiger charge is 2.22. The van der Waals surface area contributed by atoms with E-state index in [-0.39, 0.29) is 11.7 Å². The first-order valence-electron chi connectivity index (χ1n) is 8.45. The Kier molecular flexibility index (Phi) is 4.60. The van der Waals surface area contributed by atoms with E-state index in [4.69, 9.17) is 0 Å². The molecule has 1 saturated heterocycles. The Morgan fingerprint density at radius 2 is 2.19 bits per heavy atom. The van der Waals surface area contributed by atoms with Gasteiger partial charge in [-0.3, -0.25) is 4.79 Å². The number of aromatic amines is 1. The van der Waals surface area contributed by atoms with Crippen molar-refractivity contribution in [1.29, 1.82) is 0 Å². The van der Waals surface area contributed by atoms with Gasteiger partial charge in [-0.1, -0.05) is 22.0 Å². The molecule has 0 spiro atoms. The number of benzene rings is 1. The van der Waals surface area contributed by atoms with Crippen molar-refractivity contribution in [2.45, 2.75) is 18.9 Å². The van der Waals surface area contributed by atoms with Gasteiger partial charge in [0, 0.05) is 29.4 Å². The van der Waals surface area contributed by atoms with Gasteiger partial charge in [0.05, 0.1) is 11.6 Å². The van der Waals surface area contributed by atoms with Crippen LogP contribution < -0.4 is 15.8 Å². The zero-order valence-electron chi connectivity index (χ0n) is 13.9. The van der Waals surface area contributed by atoms with Crippen LogP contribution in [0.1, 0.15) is 12.8 Å². The van der Waals surface area contributed by atoms with Gasteiger partial charge in [-0.05, 0) is 37.1 Å². The van der Waals surface area contributed by atoms with Crippen molar-refractivity contribution in [3.8, 4) is 0 Å². The van der Waals surface area contributed by atoms with Crippen molar-refractivity contribution in [1.82, 2.24) is 15.0 Å². The number of hydrogen-bond donors (Lipinski definition) is 3. The Morgan fingerprint density at radius 1 is 1.31 bits per heavy atom. The van der Waals surface area contributed by atoms with Crippen molar-refractivity contribution in [3.05, 3.63) is 51.4 Å². The smallest absolute Gasteiger partial charge is 0.261 e. The molecule has 26 heavy (non-hydrogen) atoms. The lowest BCUT2D eigenvalue weighted by Gasteiger charge is -2.30. The summed E-state index contributed by atoms with van der Waals surface area (Å²) in [6.45, 7) is 1.27. The Hall–Kier alpha value is -2.45. The van der Waals surface area contributed by atoms with Gasteiger partial charge in [-0.25, -0.2) is 4.98 Å². The fraction of sp³-hybridized carbons (Fsp3) is 0.278. The molecule has 0 saturated carbocycles. The highest BCUT2D eigenvalue weighted by atomic mass is 79.9. The first-order valence-corrected chi connectivity index (χ1v) is 9.24. The molecular weight excluding hydrogens is 398 g/mol. The SMILES string of the molecule is O=c1[nH]ccc2nc(N3CCCC(O)C3)nc(Nc3cccc(Br)c3)c12. The normalized spacial score (nSPS) is 17.5. The van der Waals surface area contributed by atoms with Gasteiger partial charge < -0.3 is 20.3 Å². The molecule has 0 aliphatic carbocycles. The van der Waals surface area contributed by atoms with E-state index in [1.54, 1.807) is 12.3 Å². The highest BCUT2D eigenvalue weighted by molar-refractivity contribution is 9.10. The van der Waals surface area contributed by atoms with Crippen LogP contribution in [-0.2, 0) is 0 Å². The van der Waals surface area contributed by atoms with E-state index in [0.717, 1.165) is 29.5 Å². The summed E-state index contributed by atoms with van der Waals surface area (Å²) >= 11 is 3.45. The average Bonchev–Trinajstić information content (AvgIpc) is 2.61. The minimum atomic E-state index is -0.385. The topological polar surface area (TPSA) is 94.1 Å². The summed E-state index contributed by atoms with van der Waals surface area (Å²) in [5, 5.41) is 13.6. The van der Waals surface area contributed by atoms with Gasteiger partial charge in [0.2, 0.25) is 5.95 Å². The third kappa shape index (κ3) is 3.42. The zero-order chi connectivity index (χ0) is 18.1. The number of rotatable bonds is 3. The van der Waals surface area contributed by atoms with Crippen molar-refractivity contribution in [2.24, 2.45) is 0 Å². The number of fused-ring (bicyclic) bond motifs is 1. The second-order valence-electron chi connectivity index (χ2n) is 6.32. The summed E-state index contributed by atoms with van der Waals surface area (Å²) < 4.78 is 0.925. The maximum Gasteiger partial charge on any atom is 0.261 e. The van der Waals surface area contributed by atoms with Crippen LogP contribution >= 0.6 is 15.9 Å². The summed E-state index contributed by atoms with van der Waals surface area (Å²) in [5.41, 5.74) is 1.13. The number of piperidine rings is 1. The second-order valence-corrected chi connectivity index (χ2v) is 7.23. The monoisotopic (exact) mass is 415 g/mol. The number of aliphatic hydroxyl groups excluding tert-OH is 1. The quantitative estimate of drug-likeness (QED) is 0.608. The molecule has 134 valence electrons. The molecule has 4 rings (SSSR count). The minimum Gasteiger partial charge on any atom is -0.391 e. The second kappa shape index (κ2) is 7.05. The molecule has 1 aliphatic rings. The van der Waals surface area contributed by atoms with Crippen LogP contribution in [0.2, 0.25) is 0 Å². The van der Waals surface area contributed by atoms with Crippen molar-refractivity contribution < 1.29 is 5.11 Å². The molecular formula is C18H18BrN5O2. The molecule has 7 nitrogen and oxygen atoms in total. The third-order valence-corrected chi connectivity index (χ3v) is 4.87. The first-order chi connectivity index (χ1) is 12.6. The number of β-amino-alcohol motifs (C(OH)–C–C–N with tert-alkyl or cyclic N) is 1. The predicted octanol–water partition coefficient (Wildman–Crippen LogP) is 2.79. The molecule has 0 amide bonds. The molecule has 1 aromatic carbocycles. The number of aliphatic hydroxyl groups is 1. The lowest BCUT2D eigenvalue weighted by atomic mass is 10.1. The molecule has 0 bridgehead atoms. The van der Waals surface area contributed by atoms with Crippen LogP contribution in [0.25, 0.3) is 10.9 Å². The molecule has 1 unspecified atom stereocenters. The van der Waals surface area contributed by atoms with E-state index in [0.29, 0.717) is 29.2 Å². The van der Waals surface area contributed by atoms with Gasteiger partial charge in [0.1, 0.15) is 11.2 Å². The lowest BCUT2D eigenvalue weighted by molar-refractivity contribution is 0.153. The fourth-order valence-corrected chi connectivity index (χ4v) is 3.55. The van der Waals surface area contributed by atoms with E-state index < -0.39 is 0 Å². The number of pyridine rings is 1. The molecule has 3 N–H and O–H groups in total. The van der Waals surface area contributed by atoms with Gasteiger partial charge >= 0.3 is 0 Å². The first kappa shape index (κ1) is 17.0. The number of nitrogens with one attached hydrogen (secondary N) is 2. The van der Waals surface area contributed by atoms with Crippen molar-refractivity contribution >= 4 is 44.3 Å². The third-order valence-electron chi connectivity index (χ3n) is 4.37. The molecule has 1 fully saturated rings. The van der Waals surface area contributed by atoms with Crippen LogP contribution in [0.3, 0.4) is 0 Å².